The van der Waals surface area contributed by atoms with Gasteiger partial charge in [-0.15, -0.1) is 11.6 Å². The normalized spacial score (nSPS) is 10.4. The highest BCUT2D eigenvalue weighted by atomic mass is 35.5. The molecular weight excluding hydrogens is 269 g/mol. The summed E-state index contributed by atoms with van der Waals surface area (Å²) in [6, 6.07) is 5.50. The molecule has 1 amide bonds. The molecule has 2 nitrogen and oxygen atoms in total. The van der Waals surface area contributed by atoms with Crippen molar-refractivity contribution in [3.05, 3.63) is 34.3 Å². The highest BCUT2D eigenvalue weighted by molar-refractivity contribution is 6.33. The number of hydrogen-bond acceptors (Lipinski definition) is 1. The first-order valence-corrected chi connectivity index (χ1v) is 7.12. The standard InChI is InChI=1S/C14H19Cl2NO/c1-3-4-8-17(9-7-15)14(18)12-6-5-11(2)10-13(12)16/h5-6,10H,3-4,7-9H2,1-2H3. The molecule has 1 rings (SSSR count). The van der Waals surface area contributed by atoms with Crippen LogP contribution in [-0.2, 0) is 0 Å². The van der Waals surface area contributed by atoms with Crippen molar-refractivity contribution in [3.63, 3.8) is 0 Å². The Balaban J connectivity index is 2.87. The van der Waals surface area contributed by atoms with E-state index in [2.05, 4.69) is 6.92 Å². The second-order valence-corrected chi connectivity index (χ2v) is 5.10. The number of amides is 1. The summed E-state index contributed by atoms with van der Waals surface area (Å²) in [5.41, 5.74) is 1.61. The predicted molar refractivity (Wildman–Crippen MR) is 77.7 cm³/mol. The SMILES string of the molecule is CCCCN(CCCl)C(=O)c1ccc(C)cc1Cl. The van der Waals surface area contributed by atoms with Crippen LogP contribution in [0, 0.1) is 6.92 Å². The molecule has 18 heavy (non-hydrogen) atoms. The van der Waals surface area contributed by atoms with Crippen LogP contribution in [0.2, 0.25) is 5.02 Å². The second kappa shape index (κ2) is 7.65. The number of aryl methyl sites for hydroxylation is 1. The first-order valence-electron chi connectivity index (χ1n) is 6.21. The first-order chi connectivity index (χ1) is 8.60. The number of hydrogen-bond donors (Lipinski definition) is 0. The van der Waals surface area contributed by atoms with Crippen molar-refractivity contribution in [2.75, 3.05) is 19.0 Å². The van der Waals surface area contributed by atoms with Crippen molar-refractivity contribution < 1.29 is 4.79 Å². The van der Waals surface area contributed by atoms with Gasteiger partial charge in [0.15, 0.2) is 0 Å². The van der Waals surface area contributed by atoms with Crippen LogP contribution in [-0.4, -0.2) is 29.8 Å². The highest BCUT2D eigenvalue weighted by Gasteiger charge is 2.17. The molecule has 100 valence electrons. The Kier molecular flexibility index (Phi) is 6.51. The van der Waals surface area contributed by atoms with Gasteiger partial charge < -0.3 is 4.90 Å². The second-order valence-electron chi connectivity index (χ2n) is 4.32. The van der Waals surface area contributed by atoms with Crippen LogP contribution < -0.4 is 0 Å². The lowest BCUT2D eigenvalue weighted by atomic mass is 10.1. The zero-order valence-electron chi connectivity index (χ0n) is 10.9. The smallest absolute Gasteiger partial charge is 0.255 e. The van der Waals surface area contributed by atoms with Crippen LogP contribution in [0.25, 0.3) is 0 Å². The highest BCUT2D eigenvalue weighted by Crippen LogP contribution is 2.19. The van der Waals surface area contributed by atoms with Gasteiger partial charge in [-0.1, -0.05) is 31.0 Å². The van der Waals surface area contributed by atoms with E-state index in [-0.39, 0.29) is 5.91 Å². The third kappa shape index (κ3) is 4.18. The summed E-state index contributed by atoms with van der Waals surface area (Å²) in [5.74, 6) is 0.410. The van der Waals surface area contributed by atoms with Gasteiger partial charge in [0.05, 0.1) is 10.6 Å². The number of alkyl halides is 1. The van der Waals surface area contributed by atoms with Gasteiger partial charge in [-0.25, -0.2) is 0 Å². The Bertz CT molecular complexity index is 407. The zero-order valence-corrected chi connectivity index (χ0v) is 12.4. The van der Waals surface area contributed by atoms with E-state index in [1.165, 1.54) is 0 Å². The van der Waals surface area contributed by atoms with E-state index in [4.69, 9.17) is 23.2 Å². The van der Waals surface area contributed by atoms with Crippen LogP contribution in [0.4, 0.5) is 0 Å². The number of nitrogens with zero attached hydrogens (tertiary/aromatic N) is 1. The van der Waals surface area contributed by atoms with E-state index in [1.54, 1.807) is 11.0 Å². The Hall–Kier alpha value is -0.730. The molecule has 4 heteroatoms. The summed E-state index contributed by atoms with van der Waals surface area (Å²) in [6.45, 7) is 5.34. The monoisotopic (exact) mass is 287 g/mol. The molecule has 0 N–H and O–H groups in total. The quantitative estimate of drug-likeness (QED) is 0.721. The zero-order chi connectivity index (χ0) is 13.5. The molecule has 0 aliphatic rings. The molecule has 0 saturated carbocycles. The molecule has 0 atom stereocenters. The number of carbonyl (C=O) groups excluding carboxylic acids is 1. The number of rotatable bonds is 6. The summed E-state index contributed by atoms with van der Waals surface area (Å²) in [6.07, 6.45) is 2.03. The Labute approximate surface area is 119 Å². The molecule has 0 radical (unpaired) electrons. The third-order valence-electron chi connectivity index (χ3n) is 2.78. The summed E-state index contributed by atoms with van der Waals surface area (Å²) in [5, 5.41) is 0.510. The molecule has 0 heterocycles. The summed E-state index contributed by atoms with van der Waals surface area (Å²) in [4.78, 5) is 14.1. The van der Waals surface area contributed by atoms with Gasteiger partial charge in [0.25, 0.3) is 5.91 Å². The Morgan fingerprint density at radius 2 is 2.06 bits per heavy atom. The van der Waals surface area contributed by atoms with Gasteiger partial charge in [-0.2, -0.15) is 0 Å². The maximum absolute atomic E-state index is 12.4. The van der Waals surface area contributed by atoms with E-state index in [0.717, 1.165) is 24.9 Å². The molecule has 0 fully saturated rings. The van der Waals surface area contributed by atoms with Crippen molar-refractivity contribution in [2.45, 2.75) is 26.7 Å². The molecule has 0 aliphatic heterocycles. The van der Waals surface area contributed by atoms with Crippen LogP contribution in [0.3, 0.4) is 0 Å². The molecule has 0 spiro atoms. The van der Waals surface area contributed by atoms with Gasteiger partial charge in [0, 0.05) is 19.0 Å². The third-order valence-corrected chi connectivity index (χ3v) is 3.26. The van der Waals surface area contributed by atoms with Gasteiger partial charge >= 0.3 is 0 Å². The molecule has 0 saturated heterocycles. The van der Waals surface area contributed by atoms with Crippen LogP contribution in [0.15, 0.2) is 18.2 Å². The summed E-state index contributed by atoms with van der Waals surface area (Å²) in [7, 11) is 0. The topological polar surface area (TPSA) is 20.3 Å². The minimum atomic E-state index is -0.0332. The average molecular weight is 288 g/mol. The van der Waals surface area contributed by atoms with Gasteiger partial charge in [0.1, 0.15) is 0 Å². The number of halogens is 2. The fraction of sp³-hybridized carbons (Fsp3) is 0.500. The summed E-state index contributed by atoms with van der Waals surface area (Å²) < 4.78 is 0. The van der Waals surface area contributed by atoms with E-state index in [0.29, 0.717) is 23.0 Å². The Morgan fingerprint density at radius 1 is 1.33 bits per heavy atom. The van der Waals surface area contributed by atoms with Gasteiger partial charge in [0.2, 0.25) is 0 Å². The molecule has 1 aromatic carbocycles. The number of unbranched alkanes of at least 4 members (excludes halogenated alkanes) is 1. The molecule has 0 aromatic heterocycles. The Morgan fingerprint density at radius 3 is 2.61 bits per heavy atom. The lowest BCUT2D eigenvalue weighted by molar-refractivity contribution is 0.0763. The predicted octanol–water partition coefficient (Wildman–Crippen LogP) is 4.13. The van der Waals surface area contributed by atoms with Crippen molar-refractivity contribution in [2.24, 2.45) is 0 Å². The van der Waals surface area contributed by atoms with E-state index >= 15 is 0 Å². The molecule has 0 bridgehead atoms. The number of benzene rings is 1. The largest absolute Gasteiger partial charge is 0.337 e. The van der Waals surface area contributed by atoms with Crippen LogP contribution in [0.1, 0.15) is 35.7 Å². The lowest BCUT2D eigenvalue weighted by Crippen LogP contribution is -2.33. The van der Waals surface area contributed by atoms with Crippen molar-refractivity contribution in [1.82, 2.24) is 4.90 Å². The fourth-order valence-corrected chi connectivity index (χ4v) is 2.25. The first kappa shape index (κ1) is 15.3. The van der Waals surface area contributed by atoms with E-state index in [1.807, 2.05) is 19.1 Å². The van der Waals surface area contributed by atoms with Gasteiger partial charge in [-0.05, 0) is 31.0 Å². The maximum atomic E-state index is 12.4. The van der Waals surface area contributed by atoms with Gasteiger partial charge in [-0.3, -0.25) is 4.79 Å². The lowest BCUT2D eigenvalue weighted by Gasteiger charge is -2.22. The van der Waals surface area contributed by atoms with Crippen molar-refractivity contribution >= 4 is 29.1 Å². The number of carbonyl (C=O) groups is 1. The molecule has 0 unspecified atom stereocenters. The van der Waals surface area contributed by atoms with Crippen LogP contribution in [0.5, 0.6) is 0 Å². The van der Waals surface area contributed by atoms with E-state index in [9.17, 15) is 4.79 Å². The minimum absolute atomic E-state index is 0.0332. The fourth-order valence-electron chi connectivity index (χ4n) is 1.73. The molecule has 0 aliphatic carbocycles. The van der Waals surface area contributed by atoms with E-state index < -0.39 is 0 Å². The van der Waals surface area contributed by atoms with Crippen molar-refractivity contribution in [3.8, 4) is 0 Å². The molecule has 1 aromatic rings. The molecular formula is C14H19Cl2NO. The average Bonchev–Trinajstić information content (AvgIpc) is 2.33. The van der Waals surface area contributed by atoms with Crippen LogP contribution >= 0.6 is 23.2 Å². The maximum Gasteiger partial charge on any atom is 0.255 e. The van der Waals surface area contributed by atoms with Crippen molar-refractivity contribution in [1.29, 1.82) is 0 Å². The minimum Gasteiger partial charge on any atom is -0.337 e. The summed E-state index contributed by atoms with van der Waals surface area (Å²) >= 11 is 11.9.